The number of piperidine rings is 1. The van der Waals surface area contributed by atoms with Crippen LogP contribution < -0.4 is 5.73 Å². The van der Waals surface area contributed by atoms with E-state index in [9.17, 15) is 0 Å². The van der Waals surface area contributed by atoms with Crippen LogP contribution in [0.4, 0.5) is 0 Å². The van der Waals surface area contributed by atoms with Crippen LogP contribution in [0.25, 0.3) is 0 Å². The van der Waals surface area contributed by atoms with E-state index in [0.29, 0.717) is 0 Å². The summed E-state index contributed by atoms with van der Waals surface area (Å²) in [5.74, 6) is 5.03. The maximum absolute atomic E-state index is 5.96. The number of hydrogen-bond acceptors (Lipinski definition) is 3. The summed E-state index contributed by atoms with van der Waals surface area (Å²) in [4.78, 5) is 2.64. The molecule has 2 unspecified atom stereocenters. The Labute approximate surface area is 114 Å². The molecule has 98 valence electrons. The lowest BCUT2D eigenvalue weighted by Gasteiger charge is -2.46. The highest BCUT2D eigenvalue weighted by Gasteiger charge is 2.38. The quantitative estimate of drug-likeness (QED) is 0.904. The van der Waals surface area contributed by atoms with E-state index in [1.54, 1.807) is 0 Å². The van der Waals surface area contributed by atoms with E-state index >= 15 is 0 Å². The molecule has 0 radical (unpaired) electrons. The van der Waals surface area contributed by atoms with E-state index in [1.807, 2.05) is 0 Å². The van der Waals surface area contributed by atoms with Gasteiger partial charge in [0, 0.05) is 19.6 Å². The van der Waals surface area contributed by atoms with Gasteiger partial charge in [0.1, 0.15) is 0 Å². The summed E-state index contributed by atoms with van der Waals surface area (Å²) in [6.45, 7) is 4.46. The third-order valence-corrected chi connectivity index (χ3v) is 5.71. The summed E-state index contributed by atoms with van der Waals surface area (Å²) in [7, 11) is 0. The molecule has 2 atom stereocenters. The first kappa shape index (κ1) is 12.5. The summed E-state index contributed by atoms with van der Waals surface area (Å²) >= 11 is 2.13. The molecular formula is C15H22N2S. The summed E-state index contributed by atoms with van der Waals surface area (Å²) in [5, 5.41) is 0. The van der Waals surface area contributed by atoms with Crippen molar-refractivity contribution in [3.8, 4) is 0 Å². The first-order chi connectivity index (χ1) is 8.86. The molecule has 0 amide bonds. The first-order valence-electron chi connectivity index (χ1n) is 6.91. The average molecular weight is 262 g/mol. The van der Waals surface area contributed by atoms with Gasteiger partial charge in [0.25, 0.3) is 0 Å². The molecular weight excluding hydrogens is 240 g/mol. The van der Waals surface area contributed by atoms with Crippen LogP contribution in [0.2, 0.25) is 0 Å². The van der Waals surface area contributed by atoms with Gasteiger partial charge in [-0.05, 0) is 41.4 Å². The summed E-state index contributed by atoms with van der Waals surface area (Å²) < 4.78 is 0. The van der Waals surface area contributed by atoms with E-state index in [0.717, 1.165) is 30.8 Å². The van der Waals surface area contributed by atoms with E-state index in [1.165, 1.54) is 30.2 Å². The molecule has 2 saturated heterocycles. The number of rotatable bonds is 3. The Hall–Kier alpha value is -0.510. The van der Waals surface area contributed by atoms with Gasteiger partial charge in [-0.25, -0.2) is 0 Å². The molecule has 2 aliphatic rings. The number of likely N-dealkylation sites (tertiary alicyclic amines) is 1. The van der Waals surface area contributed by atoms with E-state index in [-0.39, 0.29) is 0 Å². The molecule has 0 aliphatic carbocycles. The molecule has 18 heavy (non-hydrogen) atoms. The van der Waals surface area contributed by atoms with Gasteiger partial charge < -0.3 is 5.73 Å². The van der Waals surface area contributed by atoms with Crippen LogP contribution in [0.15, 0.2) is 30.3 Å². The molecule has 1 aromatic carbocycles. The minimum atomic E-state index is 0.776. The van der Waals surface area contributed by atoms with E-state index in [2.05, 4.69) is 47.0 Å². The van der Waals surface area contributed by atoms with Crippen molar-refractivity contribution >= 4 is 11.8 Å². The Balaban J connectivity index is 1.66. The fourth-order valence-electron chi connectivity index (χ4n) is 3.47. The molecule has 0 spiro atoms. The van der Waals surface area contributed by atoms with Gasteiger partial charge >= 0.3 is 0 Å². The fraction of sp³-hybridized carbons (Fsp3) is 0.600. The number of fused-ring (bicyclic) bond motifs is 2. The molecule has 1 aromatic rings. The smallest absolute Gasteiger partial charge is 0.0233 e. The predicted molar refractivity (Wildman–Crippen MR) is 78.6 cm³/mol. The van der Waals surface area contributed by atoms with Gasteiger partial charge in [0.05, 0.1) is 0 Å². The summed E-state index contributed by atoms with van der Waals surface area (Å²) in [6, 6.07) is 10.8. The van der Waals surface area contributed by atoms with Gasteiger partial charge in [-0.1, -0.05) is 30.3 Å². The number of hydrogen-bond donors (Lipinski definition) is 1. The Bertz CT molecular complexity index is 367. The van der Waals surface area contributed by atoms with Crippen LogP contribution in [0.1, 0.15) is 5.56 Å². The zero-order valence-electron chi connectivity index (χ0n) is 10.8. The van der Waals surface area contributed by atoms with E-state index in [4.69, 9.17) is 5.73 Å². The molecule has 2 bridgehead atoms. The van der Waals surface area contributed by atoms with Crippen molar-refractivity contribution in [3.05, 3.63) is 35.9 Å². The molecule has 2 N–H and O–H groups in total. The second kappa shape index (κ2) is 5.64. The van der Waals surface area contributed by atoms with Crippen molar-refractivity contribution in [2.75, 3.05) is 31.1 Å². The van der Waals surface area contributed by atoms with Gasteiger partial charge in [0.2, 0.25) is 0 Å². The number of thioether (sulfide) groups is 1. The van der Waals surface area contributed by atoms with Crippen molar-refractivity contribution in [1.29, 1.82) is 0 Å². The molecule has 2 aliphatic heterocycles. The van der Waals surface area contributed by atoms with Crippen molar-refractivity contribution < 1.29 is 0 Å². The Morgan fingerprint density at radius 3 is 2.39 bits per heavy atom. The van der Waals surface area contributed by atoms with Crippen molar-refractivity contribution in [1.82, 2.24) is 4.90 Å². The number of nitrogens with zero attached hydrogens (tertiary/aromatic N) is 1. The lowest BCUT2D eigenvalue weighted by atomic mass is 9.79. The van der Waals surface area contributed by atoms with Crippen molar-refractivity contribution in [2.24, 2.45) is 23.5 Å². The zero-order valence-corrected chi connectivity index (χ0v) is 11.6. The van der Waals surface area contributed by atoms with Crippen molar-refractivity contribution in [3.63, 3.8) is 0 Å². The average Bonchev–Trinajstić information content (AvgIpc) is 2.39. The Kier molecular flexibility index (Phi) is 3.92. The standard InChI is InChI=1S/C15H22N2S/c16-6-15-13-8-17(9-14(15)11-18-10-13)7-12-4-2-1-3-5-12/h1-5,13-15H,6-11,16H2. The van der Waals surface area contributed by atoms with Crippen LogP contribution in [0, 0.1) is 17.8 Å². The second-order valence-electron chi connectivity index (χ2n) is 5.64. The second-order valence-corrected chi connectivity index (χ2v) is 6.71. The third kappa shape index (κ3) is 2.58. The maximum Gasteiger partial charge on any atom is 0.0233 e. The highest BCUT2D eigenvalue weighted by atomic mass is 32.2. The molecule has 3 heteroatoms. The SMILES string of the molecule is NCC1C2CSCC1CN(Cc1ccccc1)C2. The molecule has 2 fully saturated rings. The molecule has 2 nitrogen and oxygen atoms in total. The normalized spacial score (nSPS) is 32.4. The highest BCUT2D eigenvalue weighted by molar-refractivity contribution is 7.99. The largest absolute Gasteiger partial charge is 0.330 e. The Morgan fingerprint density at radius 1 is 1.11 bits per heavy atom. The first-order valence-corrected chi connectivity index (χ1v) is 8.06. The Morgan fingerprint density at radius 2 is 1.78 bits per heavy atom. The van der Waals surface area contributed by atoms with Crippen LogP contribution in [0.3, 0.4) is 0 Å². The van der Waals surface area contributed by atoms with Crippen molar-refractivity contribution in [2.45, 2.75) is 6.54 Å². The van der Waals surface area contributed by atoms with Gasteiger partial charge in [-0.2, -0.15) is 11.8 Å². The van der Waals surface area contributed by atoms with E-state index < -0.39 is 0 Å². The van der Waals surface area contributed by atoms with Crippen LogP contribution in [-0.4, -0.2) is 36.0 Å². The van der Waals surface area contributed by atoms with Crippen LogP contribution >= 0.6 is 11.8 Å². The fourth-order valence-corrected chi connectivity index (χ4v) is 4.92. The molecule has 0 aromatic heterocycles. The van der Waals surface area contributed by atoms with Crippen LogP contribution in [0.5, 0.6) is 0 Å². The lowest BCUT2D eigenvalue weighted by Crippen LogP contribution is -2.52. The minimum Gasteiger partial charge on any atom is -0.330 e. The van der Waals surface area contributed by atoms with Gasteiger partial charge in [-0.3, -0.25) is 4.90 Å². The zero-order chi connectivity index (χ0) is 12.4. The molecule has 3 rings (SSSR count). The predicted octanol–water partition coefficient (Wildman–Crippen LogP) is 2.06. The number of benzene rings is 1. The minimum absolute atomic E-state index is 0.776. The van der Waals surface area contributed by atoms with Gasteiger partial charge in [0.15, 0.2) is 0 Å². The highest BCUT2D eigenvalue weighted by Crippen LogP contribution is 2.37. The monoisotopic (exact) mass is 262 g/mol. The van der Waals surface area contributed by atoms with Crippen LogP contribution in [-0.2, 0) is 6.54 Å². The number of nitrogens with two attached hydrogens (primary N) is 1. The van der Waals surface area contributed by atoms with Gasteiger partial charge in [-0.15, -0.1) is 0 Å². The topological polar surface area (TPSA) is 29.3 Å². The molecule has 2 heterocycles. The third-order valence-electron chi connectivity index (χ3n) is 4.38. The summed E-state index contributed by atoms with van der Waals surface area (Å²) in [5.41, 5.74) is 7.40. The molecule has 0 saturated carbocycles. The summed E-state index contributed by atoms with van der Waals surface area (Å²) in [6.07, 6.45) is 0. The maximum atomic E-state index is 5.96. The lowest BCUT2D eigenvalue weighted by molar-refractivity contribution is 0.0767.